The fraction of sp³-hybridized carbons (Fsp3) is 0.111. The summed E-state index contributed by atoms with van der Waals surface area (Å²) in [5.74, 6) is 0.973. The van der Waals surface area contributed by atoms with E-state index in [0.29, 0.717) is 0 Å². The lowest BCUT2D eigenvalue weighted by molar-refractivity contribution is 0.205. The second kappa shape index (κ2) is 4.27. The Morgan fingerprint density at radius 1 is 1.50 bits per heavy atom. The zero-order chi connectivity index (χ0) is 10.6. The maximum Gasteiger partial charge on any atom is 0.402 e. The number of nitrogens with two attached hydrogens (primary N) is 1. The maximum absolute atomic E-state index is 8.78. The number of rotatable bonds is 0. The monoisotopic (exact) mass is 193 g/mol. The molecule has 0 aliphatic carbocycles. The van der Waals surface area contributed by atoms with Gasteiger partial charge in [0.05, 0.1) is 11.0 Å². The molecule has 14 heavy (non-hydrogen) atoms. The van der Waals surface area contributed by atoms with Crippen molar-refractivity contribution in [3.05, 3.63) is 30.1 Å². The molecule has 0 spiro atoms. The van der Waals surface area contributed by atoms with Crippen molar-refractivity contribution in [3.8, 4) is 0 Å². The van der Waals surface area contributed by atoms with Crippen LogP contribution in [0.15, 0.2) is 24.3 Å². The molecule has 2 rings (SSSR count). The fourth-order valence-corrected chi connectivity index (χ4v) is 1.08. The lowest BCUT2D eigenvalue weighted by Crippen LogP contribution is -2.03. The van der Waals surface area contributed by atoms with Crippen molar-refractivity contribution in [2.45, 2.75) is 6.92 Å². The molecular formula is C9H11N3O2. The van der Waals surface area contributed by atoms with Gasteiger partial charge in [-0.25, -0.2) is 9.78 Å². The van der Waals surface area contributed by atoms with Crippen LogP contribution in [-0.2, 0) is 0 Å². The van der Waals surface area contributed by atoms with Gasteiger partial charge in [0.1, 0.15) is 5.82 Å². The first-order valence-corrected chi connectivity index (χ1v) is 3.99. The van der Waals surface area contributed by atoms with Crippen molar-refractivity contribution in [1.82, 2.24) is 9.97 Å². The number of nitrogens with zero attached hydrogens (tertiary/aromatic N) is 1. The number of carbonyl (C=O) groups is 1. The molecule has 2 aromatic rings. The molecule has 1 aromatic heterocycles. The summed E-state index contributed by atoms with van der Waals surface area (Å²) >= 11 is 0. The number of benzene rings is 1. The van der Waals surface area contributed by atoms with Crippen molar-refractivity contribution >= 4 is 17.1 Å². The number of hydrogen-bond donors (Lipinski definition) is 3. The van der Waals surface area contributed by atoms with Gasteiger partial charge >= 0.3 is 6.09 Å². The van der Waals surface area contributed by atoms with E-state index < -0.39 is 6.09 Å². The van der Waals surface area contributed by atoms with E-state index in [4.69, 9.17) is 9.90 Å². The Morgan fingerprint density at radius 2 is 2.07 bits per heavy atom. The van der Waals surface area contributed by atoms with E-state index in [2.05, 4.69) is 15.7 Å². The highest BCUT2D eigenvalue weighted by Gasteiger charge is 1.93. The molecule has 74 valence electrons. The van der Waals surface area contributed by atoms with Gasteiger partial charge in [0.2, 0.25) is 0 Å². The minimum absolute atomic E-state index is 0.973. The fourth-order valence-electron chi connectivity index (χ4n) is 1.08. The van der Waals surface area contributed by atoms with Gasteiger partial charge in [0.25, 0.3) is 0 Å². The highest BCUT2D eigenvalue weighted by Crippen LogP contribution is 2.08. The summed E-state index contributed by atoms with van der Waals surface area (Å²) in [6.07, 6.45) is -1.33. The number of aromatic nitrogens is 2. The van der Waals surface area contributed by atoms with Crippen molar-refractivity contribution in [2.75, 3.05) is 0 Å². The summed E-state index contributed by atoms with van der Waals surface area (Å²) in [6.45, 7) is 1.96. The van der Waals surface area contributed by atoms with E-state index in [1.165, 1.54) is 0 Å². The van der Waals surface area contributed by atoms with Gasteiger partial charge in [-0.3, -0.25) is 0 Å². The number of primary amides is 1. The SMILES string of the molecule is Cc1nc2ccccc2[nH]1.NC(=O)O. The van der Waals surface area contributed by atoms with Crippen LogP contribution in [0.3, 0.4) is 0 Å². The average molecular weight is 193 g/mol. The van der Waals surface area contributed by atoms with Crippen LogP contribution >= 0.6 is 0 Å². The summed E-state index contributed by atoms with van der Waals surface area (Å²) < 4.78 is 0. The Balaban J connectivity index is 0.000000213. The number of H-pyrrole nitrogens is 1. The first kappa shape index (κ1) is 10.0. The first-order valence-electron chi connectivity index (χ1n) is 3.99. The van der Waals surface area contributed by atoms with Gasteiger partial charge in [-0.15, -0.1) is 0 Å². The number of para-hydroxylation sites is 2. The van der Waals surface area contributed by atoms with Crippen molar-refractivity contribution < 1.29 is 9.90 Å². The second-order valence-electron chi connectivity index (χ2n) is 2.68. The second-order valence-corrected chi connectivity index (χ2v) is 2.68. The number of aromatic amines is 1. The van der Waals surface area contributed by atoms with Crippen LogP contribution in [0.1, 0.15) is 5.82 Å². The van der Waals surface area contributed by atoms with E-state index in [1.54, 1.807) is 0 Å². The third-order valence-corrected chi connectivity index (χ3v) is 1.51. The molecule has 0 radical (unpaired) electrons. The molecule has 0 fully saturated rings. The molecule has 5 heteroatoms. The highest BCUT2D eigenvalue weighted by atomic mass is 16.4. The quantitative estimate of drug-likeness (QED) is 0.591. The van der Waals surface area contributed by atoms with Crippen LogP contribution < -0.4 is 5.73 Å². The predicted molar refractivity (Wildman–Crippen MR) is 53.0 cm³/mol. The number of imidazole rings is 1. The lowest BCUT2D eigenvalue weighted by Gasteiger charge is -1.81. The smallest absolute Gasteiger partial charge is 0.402 e. The minimum atomic E-state index is -1.33. The van der Waals surface area contributed by atoms with Gasteiger partial charge in [0.15, 0.2) is 0 Å². The summed E-state index contributed by atoms with van der Waals surface area (Å²) in [5, 5.41) is 7.19. The number of fused-ring (bicyclic) bond motifs is 1. The van der Waals surface area contributed by atoms with Crippen molar-refractivity contribution in [3.63, 3.8) is 0 Å². The van der Waals surface area contributed by atoms with E-state index in [9.17, 15) is 0 Å². The normalized spacial score (nSPS) is 9.21. The largest absolute Gasteiger partial charge is 0.465 e. The third kappa shape index (κ3) is 2.78. The van der Waals surface area contributed by atoms with Crippen molar-refractivity contribution in [2.24, 2.45) is 5.73 Å². The van der Waals surface area contributed by atoms with Gasteiger partial charge < -0.3 is 15.8 Å². The summed E-state index contributed by atoms with van der Waals surface area (Å²) in [5.41, 5.74) is 6.18. The van der Waals surface area contributed by atoms with Crippen molar-refractivity contribution in [1.29, 1.82) is 0 Å². The summed E-state index contributed by atoms with van der Waals surface area (Å²) in [6, 6.07) is 8.01. The van der Waals surface area contributed by atoms with E-state index in [0.717, 1.165) is 16.9 Å². The summed E-state index contributed by atoms with van der Waals surface area (Å²) in [7, 11) is 0. The van der Waals surface area contributed by atoms with Gasteiger partial charge in [-0.05, 0) is 19.1 Å². The highest BCUT2D eigenvalue weighted by molar-refractivity contribution is 5.74. The molecule has 0 bridgehead atoms. The zero-order valence-electron chi connectivity index (χ0n) is 7.69. The predicted octanol–water partition coefficient (Wildman–Crippen LogP) is 1.49. The maximum atomic E-state index is 8.78. The van der Waals surface area contributed by atoms with Crippen LogP contribution in [-0.4, -0.2) is 21.2 Å². The molecule has 0 unspecified atom stereocenters. The van der Waals surface area contributed by atoms with Crippen LogP contribution in [0.4, 0.5) is 4.79 Å². The number of carboxylic acid groups (broad SMARTS) is 1. The van der Waals surface area contributed by atoms with Crippen LogP contribution in [0.5, 0.6) is 0 Å². The molecule has 1 aromatic carbocycles. The number of hydrogen-bond acceptors (Lipinski definition) is 2. The summed E-state index contributed by atoms with van der Waals surface area (Å²) in [4.78, 5) is 16.2. The molecule has 0 saturated carbocycles. The molecule has 1 amide bonds. The molecule has 4 N–H and O–H groups in total. The van der Waals surface area contributed by atoms with E-state index >= 15 is 0 Å². The molecule has 1 heterocycles. The Morgan fingerprint density at radius 3 is 2.64 bits per heavy atom. The van der Waals surface area contributed by atoms with Crippen LogP contribution in [0.25, 0.3) is 11.0 Å². The van der Waals surface area contributed by atoms with Crippen LogP contribution in [0.2, 0.25) is 0 Å². The van der Waals surface area contributed by atoms with Crippen LogP contribution in [0, 0.1) is 6.92 Å². The first-order chi connectivity index (χ1) is 6.59. The zero-order valence-corrected chi connectivity index (χ0v) is 7.69. The average Bonchev–Trinajstić information content (AvgIpc) is 2.42. The van der Waals surface area contributed by atoms with Gasteiger partial charge in [0, 0.05) is 0 Å². The molecule has 0 saturated heterocycles. The molecular weight excluding hydrogens is 182 g/mol. The van der Waals surface area contributed by atoms with E-state index in [-0.39, 0.29) is 0 Å². The standard InChI is InChI=1S/C8H8N2.CH3NO2/c1-6-9-7-4-2-3-5-8(7)10-6;2-1(3)4/h2-5H,1H3,(H,9,10);2H2,(H,3,4). The molecule has 5 nitrogen and oxygen atoms in total. The topological polar surface area (TPSA) is 92.0 Å². The molecule has 0 aliphatic heterocycles. The number of aryl methyl sites for hydroxylation is 1. The Hall–Kier alpha value is -2.04. The van der Waals surface area contributed by atoms with E-state index in [1.807, 2.05) is 31.2 Å². The Kier molecular flexibility index (Phi) is 3.06. The third-order valence-electron chi connectivity index (χ3n) is 1.51. The molecule has 0 aliphatic rings. The Labute approximate surface area is 80.6 Å². The molecule has 0 atom stereocenters. The number of nitrogens with one attached hydrogen (secondary N) is 1. The van der Waals surface area contributed by atoms with Gasteiger partial charge in [-0.1, -0.05) is 12.1 Å². The Bertz CT molecular complexity index is 399. The van der Waals surface area contributed by atoms with Gasteiger partial charge in [-0.2, -0.15) is 0 Å². The minimum Gasteiger partial charge on any atom is -0.465 e. The lowest BCUT2D eigenvalue weighted by atomic mass is 10.3. The number of amides is 1.